The van der Waals surface area contributed by atoms with E-state index in [9.17, 15) is 24.5 Å². The van der Waals surface area contributed by atoms with E-state index < -0.39 is 39.9 Å². The molecule has 4 aliphatic rings. The van der Waals surface area contributed by atoms with Crippen molar-refractivity contribution in [3.8, 4) is 5.75 Å². The molecule has 1 saturated heterocycles. The summed E-state index contributed by atoms with van der Waals surface area (Å²) in [7, 11) is 1.57. The lowest BCUT2D eigenvalue weighted by Gasteiger charge is -2.52. The third-order valence-electron chi connectivity index (χ3n) is 9.23. The summed E-state index contributed by atoms with van der Waals surface area (Å²) in [5.41, 5.74) is 5.82. The normalized spacial score (nSPS) is 22.6. The average Bonchev–Trinajstić information content (AvgIpc) is 3.32. The van der Waals surface area contributed by atoms with Gasteiger partial charge in [0, 0.05) is 18.2 Å². The van der Waals surface area contributed by atoms with E-state index in [2.05, 4.69) is 10.5 Å². The van der Waals surface area contributed by atoms with E-state index in [1.807, 2.05) is 48.5 Å². The summed E-state index contributed by atoms with van der Waals surface area (Å²) in [5.74, 6) is -2.92. The van der Waals surface area contributed by atoms with Gasteiger partial charge < -0.3 is 4.74 Å². The highest BCUT2D eigenvalue weighted by Gasteiger charge is 2.68. The first-order valence-corrected chi connectivity index (χ1v) is 14.5. The fourth-order valence-electron chi connectivity index (χ4n) is 7.43. The Morgan fingerprint density at radius 2 is 1.62 bits per heavy atom. The Kier molecular flexibility index (Phi) is 6.58. The van der Waals surface area contributed by atoms with Crippen molar-refractivity contribution in [3.05, 3.63) is 134 Å². The summed E-state index contributed by atoms with van der Waals surface area (Å²) in [4.78, 5) is 54.3. The van der Waals surface area contributed by atoms with Crippen molar-refractivity contribution in [2.75, 3.05) is 12.0 Å². The highest BCUT2D eigenvalue weighted by Crippen LogP contribution is 2.64. The predicted octanol–water partition coefficient (Wildman–Crippen LogP) is 4.81. The molecule has 2 bridgehead atoms. The molecular formula is C35H28N4O6. The molecule has 10 heteroatoms. The second-order valence-corrected chi connectivity index (χ2v) is 11.6. The first kappa shape index (κ1) is 28.1. The van der Waals surface area contributed by atoms with Crippen LogP contribution in [0, 0.1) is 28.9 Å². The van der Waals surface area contributed by atoms with Crippen LogP contribution in [0.15, 0.2) is 96.1 Å². The van der Waals surface area contributed by atoms with Gasteiger partial charge in [0.2, 0.25) is 17.7 Å². The van der Waals surface area contributed by atoms with E-state index in [1.165, 1.54) is 12.1 Å². The van der Waals surface area contributed by atoms with E-state index in [-0.39, 0.29) is 23.7 Å². The molecule has 1 fully saturated rings. The maximum atomic E-state index is 14.5. The number of hydrazone groups is 1. The van der Waals surface area contributed by atoms with Gasteiger partial charge in [-0.05, 0) is 58.5 Å². The molecule has 2 atom stereocenters. The molecule has 0 spiro atoms. The predicted molar refractivity (Wildman–Crippen MR) is 166 cm³/mol. The lowest BCUT2D eigenvalue weighted by molar-refractivity contribution is -0.384. The van der Waals surface area contributed by atoms with Crippen LogP contribution in [0.25, 0.3) is 0 Å². The number of ether oxygens (including phenoxy) is 1. The van der Waals surface area contributed by atoms with Crippen LogP contribution in [0.2, 0.25) is 0 Å². The summed E-state index contributed by atoms with van der Waals surface area (Å²) in [6.45, 7) is 1.71. The van der Waals surface area contributed by atoms with Crippen LogP contribution in [0.4, 0.5) is 11.4 Å². The molecule has 1 aliphatic heterocycles. The van der Waals surface area contributed by atoms with Crippen molar-refractivity contribution in [1.82, 2.24) is 5.43 Å². The molecule has 4 aromatic rings. The quantitative estimate of drug-likeness (QED) is 0.140. The van der Waals surface area contributed by atoms with Crippen molar-refractivity contribution >= 4 is 35.3 Å². The van der Waals surface area contributed by atoms with Crippen LogP contribution >= 0.6 is 0 Å². The van der Waals surface area contributed by atoms with Gasteiger partial charge in [-0.3, -0.25) is 24.5 Å². The first-order chi connectivity index (χ1) is 21.8. The van der Waals surface area contributed by atoms with Crippen molar-refractivity contribution in [3.63, 3.8) is 0 Å². The summed E-state index contributed by atoms with van der Waals surface area (Å²) in [6, 6.07) is 26.9. The lowest BCUT2D eigenvalue weighted by atomic mass is 9.47. The topological polar surface area (TPSA) is 131 Å². The number of hydrogen-bond donors (Lipinski definition) is 1. The zero-order valence-electron chi connectivity index (χ0n) is 24.5. The number of nitrogens with zero attached hydrogens (tertiary/aromatic N) is 3. The highest BCUT2D eigenvalue weighted by molar-refractivity contribution is 6.25. The molecule has 0 saturated carbocycles. The number of hydrogen-bond acceptors (Lipinski definition) is 7. The molecule has 0 unspecified atom stereocenters. The largest absolute Gasteiger partial charge is 0.497 e. The minimum atomic E-state index is -1.22. The molecule has 3 amide bonds. The monoisotopic (exact) mass is 600 g/mol. The Balaban J connectivity index is 1.34. The number of nitro groups is 1. The number of carbonyl (C=O) groups excluding carboxylic acids is 3. The van der Waals surface area contributed by atoms with Crippen LogP contribution in [0.3, 0.4) is 0 Å². The van der Waals surface area contributed by atoms with Gasteiger partial charge in [-0.15, -0.1) is 0 Å². The summed E-state index contributed by atoms with van der Waals surface area (Å²) < 4.78 is 5.19. The van der Waals surface area contributed by atoms with Gasteiger partial charge in [-0.1, -0.05) is 66.7 Å². The van der Waals surface area contributed by atoms with E-state index in [0.717, 1.165) is 32.7 Å². The van der Waals surface area contributed by atoms with Gasteiger partial charge >= 0.3 is 0 Å². The lowest BCUT2D eigenvalue weighted by Crippen LogP contribution is -2.54. The van der Waals surface area contributed by atoms with Gasteiger partial charge in [0.15, 0.2) is 0 Å². The molecule has 1 N–H and O–H groups in total. The Hall–Kier alpha value is -5.64. The minimum absolute atomic E-state index is 0.0533. The number of anilines is 1. The standard InChI is InChI=1S/C35H28N4O6/c1-20-11-16-27(28(17-20)39(43)44)38-33(41)31-30-23-7-3-5-9-25(23)35(32(31)34(38)42,26-10-6-4-8-24(26)30)19-36-37-29(40)18-21-12-14-22(45-2)15-13-21/h3-17,19,30-32H,18H2,1-2H3,(H,37,40)/b36-19-/t30?,31-,32+,35?/m0/s1. The number of nitrogens with one attached hydrogen (secondary N) is 1. The third-order valence-corrected chi connectivity index (χ3v) is 9.23. The number of amides is 3. The van der Waals surface area contributed by atoms with Gasteiger partial charge in [0.25, 0.3) is 5.69 Å². The SMILES string of the molecule is COc1ccc(CC(=O)N/N=C\C23c4ccccc4C(c4ccccc42)[C@@H]2C(=O)N(c4ccc(C)cc4[N+](=O)[O-])C(=O)[C@@H]23)cc1. The van der Waals surface area contributed by atoms with E-state index >= 15 is 0 Å². The summed E-state index contributed by atoms with van der Waals surface area (Å²) >= 11 is 0. The molecule has 1 heterocycles. The van der Waals surface area contributed by atoms with Crippen molar-refractivity contribution in [2.24, 2.45) is 16.9 Å². The van der Waals surface area contributed by atoms with Gasteiger partial charge in [-0.2, -0.15) is 5.10 Å². The van der Waals surface area contributed by atoms with Crippen molar-refractivity contribution in [2.45, 2.75) is 24.7 Å². The Bertz CT molecular complexity index is 1890. The number of carbonyl (C=O) groups is 3. The minimum Gasteiger partial charge on any atom is -0.497 e. The third kappa shape index (κ3) is 4.16. The number of rotatable bonds is 7. The van der Waals surface area contributed by atoms with Crippen molar-refractivity contribution < 1.29 is 24.0 Å². The van der Waals surface area contributed by atoms with Crippen molar-refractivity contribution in [1.29, 1.82) is 0 Å². The van der Waals surface area contributed by atoms with Crippen LogP contribution in [-0.4, -0.2) is 36.0 Å². The van der Waals surface area contributed by atoms with Gasteiger partial charge in [0.05, 0.1) is 35.7 Å². The molecule has 4 aromatic carbocycles. The molecule has 224 valence electrons. The molecular weight excluding hydrogens is 572 g/mol. The van der Waals surface area contributed by atoms with Crippen LogP contribution in [0.5, 0.6) is 5.75 Å². The molecule has 8 rings (SSSR count). The summed E-state index contributed by atoms with van der Waals surface area (Å²) in [6.07, 6.45) is 1.64. The Morgan fingerprint density at radius 3 is 2.24 bits per heavy atom. The number of aryl methyl sites for hydroxylation is 1. The zero-order chi connectivity index (χ0) is 31.5. The number of imide groups is 1. The first-order valence-electron chi connectivity index (χ1n) is 14.5. The molecule has 3 aliphatic carbocycles. The molecule has 0 radical (unpaired) electrons. The number of benzene rings is 4. The maximum absolute atomic E-state index is 14.5. The van der Waals surface area contributed by atoms with Gasteiger partial charge in [0.1, 0.15) is 11.4 Å². The molecule has 10 nitrogen and oxygen atoms in total. The fourth-order valence-corrected chi connectivity index (χ4v) is 7.43. The fraction of sp³-hybridized carbons (Fsp3) is 0.200. The van der Waals surface area contributed by atoms with E-state index in [1.54, 1.807) is 50.6 Å². The average molecular weight is 601 g/mol. The zero-order valence-corrected chi connectivity index (χ0v) is 24.5. The van der Waals surface area contributed by atoms with Crippen LogP contribution < -0.4 is 15.1 Å². The highest BCUT2D eigenvalue weighted by atomic mass is 16.6. The van der Waals surface area contributed by atoms with E-state index in [0.29, 0.717) is 11.3 Å². The summed E-state index contributed by atoms with van der Waals surface area (Å²) in [5, 5.41) is 16.5. The van der Waals surface area contributed by atoms with E-state index in [4.69, 9.17) is 4.74 Å². The smallest absolute Gasteiger partial charge is 0.293 e. The van der Waals surface area contributed by atoms with Crippen LogP contribution in [-0.2, 0) is 26.2 Å². The molecule has 45 heavy (non-hydrogen) atoms. The Morgan fingerprint density at radius 1 is 0.978 bits per heavy atom. The number of nitro benzene ring substituents is 1. The second kappa shape index (κ2) is 10.5. The Labute approximate surface area is 258 Å². The molecule has 0 aromatic heterocycles. The number of methoxy groups -OCH3 is 1. The maximum Gasteiger partial charge on any atom is 0.293 e. The van der Waals surface area contributed by atoms with Gasteiger partial charge in [-0.25, -0.2) is 10.3 Å². The second-order valence-electron chi connectivity index (χ2n) is 11.6. The van der Waals surface area contributed by atoms with Crippen LogP contribution in [0.1, 0.15) is 39.3 Å².